The molecule has 0 aliphatic carbocycles. The van der Waals surface area contributed by atoms with Gasteiger partial charge in [0.2, 0.25) is 0 Å². The van der Waals surface area contributed by atoms with E-state index >= 15 is 0 Å². The van der Waals surface area contributed by atoms with Crippen LogP contribution in [0.15, 0.2) is 47.7 Å². The number of hydrazone groups is 1. The van der Waals surface area contributed by atoms with Crippen LogP contribution < -0.4 is 4.74 Å². The second-order valence-corrected chi connectivity index (χ2v) is 6.51. The molecular weight excluding hydrogens is 358 g/mol. The summed E-state index contributed by atoms with van der Waals surface area (Å²) in [6, 6.07) is 9.59. The van der Waals surface area contributed by atoms with Crippen molar-refractivity contribution in [1.82, 2.24) is 5.01 Å². The molecule has 0 spiro atoms. The minimum atomic E-state index is -0.655. The van der Waals surface area contributed by atoms with Crippen molar-refractivity contribution in [3.05, 3.63) is 70.4 Å². The summed E-state index contributed by atoms with van der Waals surface area (Å²) in [5, 5.41) is 6.59. The lowest BCUT2D eigenvalue weighted by atomic mass is 9.83. The molecule has 0 bridgehead atoms. The summed E-state index contributed by atoms with van der Waals surface area (Å²) in [6.45, 7) is 3.86. The van der Waals surface area contributed by atoms with Gasteiger partial charge < -0.3 is 4.74 Å². The van der Waals surface area contributed by atoms with Crippen molar-refractivity contribution in [3.8, 4) is 5.75 Å². The average molecular weight is 377 g/mol. The van der Waals surface area contributed by atoms with E-state index < -0.39 is 17.6 Å². The Morgan fingerprint density at radius 1 is 1.15 bits per heavy atom. The van der Waals surface area contributed by atoms with Gasteiger partial charge in [-0.25, -0.2) is 8.78 Å². The van der Waals surface area contributed by atoms with Gasteiger partial charge in [-0.15, -0.1) is 0 Å². The summed E-state index contributed by atoms with van der Waals surface area (Å²) < 4.78 is 34.8. The van der Waals surface area contributed by atoms with Crippen LogP contribution in [0.5, 0.6) is 5.75 Å². The Kier molecular flexibility index (Phi) is 5.28. The summed E-state index contributed by atoms with van der Waals surface area (Å²) in [4.78, 5) is 0. The van der Waals surface area contributed by atoms with Crippen molar-refractivity contribution >= 4 is 22.9 Å². The van der Waals surface area contributed by atoms with Crippen LogP contribution in [-0.4, -0.2) is 24.4 Å². The van der Waals surface area contributed by atoms with E-state index in [2.05, 4.69) is 5.10 Å². The van der Waals surface area contributed by atoms with Crippen LogP contribution in [0, 0.1) is 11.6 Å². The number of ether oxygens (including phenoxy) is 1. The number of rotatable bonds is 4. The van der Waals surface area contributed by atoms with Crippen LogP contribution >= 0.6 is 11.6 Å². The zero-order valence-electron chi connectivity index (χ0n) is 14.8. The third kappa shape index (κ3) is 3.58. The molecule has 1 unspecified atom stereocenters. The first-order valence-corrected chi connectivity index (χ1v) is 8.65. The van der Waals surface area contributed by atoms with Crippen LogP contribution in [0.3, 0.4) is 0 Å². The molecule has 2 aromatic carbocycles. The van der Waals surface area contributed by atoms with Crippen molar-refractivity contribution in [2.75, 3.05) is 13.7 Å². The highest BCUT2D eigenvalue weighted by Gasteiger charge is 2.31. The van der Waals surface area contributed by atoms with Gasteiger partial charge in [-0.1, -0.05) is 23.7 Å². The SMILES string of the molecule is CCOc1cc(F)c(C2C(c3ccc(Cl)cc3)=CN(C)N=C2C)c(F)c1. The molecule has 0 fully saturated rings. The predicted octanol–water partition coefficient (Wildman–Crippen LogP) is 5.46. The summed E-state index contributed by atoms with van der Waals surface area (Å²) in [5.74, 6) is -1.77. The largest absolute Gasteiger partial charge is 0.494 e. The van der Waals surface area contributed by atoms with Crippen molar-refractivity contribution in [3.63, 3.8) is 0 Å². The van der Waals surface area contributed by atoms with Crippen LogP contribution in [0.2, 0.25) is 5.02 Å². The lowest BCUT2D eigenvalue weighted by Crippen LogP contribution is -2.23. The first-order valence-electron chi connectivity index (χ1n) is 8.28. The predicted molar refractivity (Wildman–Crippen MR) is 101 cm³/mol. The van der Waals surface area contributed by atoms with Gasteiger partial charge in [0.05, 0.1) is 12.5 Å². The molecule has 136 valence electrons. The smallest absolute Gasteiger partial charge is 0.134 e. The van der Waals surface area contributed by atoms with E-state index in [1.165, 1.54) is 12.1 Å². The van der Waals surface area contributed by atoms with Gasteiger partial charge in [0.25, 0.3) is 0 Å². The number of benzene rings is 2. The molecule has 0 radical (unpaired) electrons. The minimum absolute atomic E-state index is 0.0380. The highest BCUT2D eigenvalue weighted by Crippen LogP contribution is 2.40. The minimum Gasteiger partial charge on any atom is -0.494 e. The molecule has 0 aromatic heterocycles. The van der Waals surface area contributed by atoms with Gasteiger partial charge in [0, 0.05) is 41.7 Å². The molecular formula is C20H19ClF2N2O. The van der Waals surface area contributed by atoms with Gasteiger partial charge >= 0.3 is 0 Å². The molecule has 1 atom stereocenters. The number of hydrogen-bond donors (Lipinski definition) is 0. The maximum Gasteiger partial charge on any atom is 0.134 e. The summed E-state index contributed by atoms with van der Waals surface area (Å²) in [6.07, 6.45) is 1.77. The molecule has 0 saturated heterocycles. The normalized spacial score (nSPS) is 17.0. The molecule has 1 aliphatic heterocycles. The third-order valence-electron chi connectivity index (χ3n) is 4.20. The van der Waals surface area contributed by atoms with Crippen molar-refractivity contribution in [2.24, 2.45) is 5.10 Å². The van der Waals surface area contributed by atoms with E-state index in [9.17, 15) is 8.78 Å². The highest BCUT2D eigenvalue weighted by molar-refractivity contribution is 6.30. The molecule has 0 amide bonds. The summed E-state index contributed by atoms with van der Waals surface area (Å²) in [7, 11) is 1.78. The number of halogens is 3. The van der Waals surface area contributed by atoms with E-state index in [-0.39, 0.29) is 11.3 Å². The number of nitrogens with zero attached hydrogens (tertiary/aromatic N) is 2. The molecule has 2 aromatic rings. The fourth-order valence-electron chi connectivity index (χ4n) is 3.17. The Bertz CT molecular complexity index is 855. The van der Waals surface area contributed by atoms with Crippen LogP contribution in [0.1, 0.15) is 30.9 Å². The first kappa shape index (κ1) is 18.4. The van der Waals surface area contributed by atoms with Gasteiger partial charge in [0.15, 0.2) is 0 Å². The van der Waals surface area contributed by atoms with E-state index in [4.69, 9.17) is 16.3 Å². The van der Waals surface area contributed by atoms with E-state index in [1.54, 1.807) is 44.2 Å². The maximum absolute atomic E-state index is 14.8. The highest BCUT2D eigenvalue weighted by atomic mass is 35.5. The average Bonchev–Trinajstić information content (AvgIpc) is 2.57. The summed E-state index contributed by atoms with van der Waals surface area (Å²) >= 11 is 5.97. The number of hydrogen-bond acceptors (Lipinski definition) is 3. The lowest BCUT2D eigenvalue weighted by Gasteiger charge is -2.29. The third-order valence-corrected chi connectivity index (χ3v) is 4.45. The maximum atomic E-state index is 14.8. The Balaban J connectivity index is 2.13. The second kappa shape index (κ2) is 7.46. The quantitative estimate of drug-likeness (QED) is 0.707. The molecule has 1 heterocycles. The zero-order chi connectivity index (χ0) is 18.8. The molecule has 0 saturated carbocycles. The molecule has 0 N–H and O–H groups in total. The fourth-order valence-corrected chi connectivity index (χ4v) is 3.30. The topological polar surface area (TPSA) is 24.8 Å². The Labute approximate surface area is 156 Å². The van der Waals surface area contributed by atoms with Crippen LogP contribution in [-0.2, 0) is 0 Å². The Hall–Kier alpha value is -2.40. The fraction of sp³-hybridized carbons (Fsp3) is 0.250. The molecule has 3 nitrogen and oxygen atoms in total. The van der Waals surface area contributed by atoms with Gasteiger partial charge in [-0.2, -0.15) is 5.10 Å². The van der Waals surface area contributed by atoms with Crippen LogP contribution in [0.25, 0.3) is 5.57 Å². The van der Waals surface area contributed by atoms with E-state index in [0.717, 1.165) is 11.1 Å². The molecule has 1 aliphatic rings. The zero-order valence-corrected chi connectivity index (χ0v) is 15.5. The Morgan fingerprint density at radius 2 is 1.77 bits per heavy atom. The molecule has 26 heavy (non-hydrogen) atoms. The van der Waals surface area contributed by atoms with Crippen molar-refractivity contribution in [2.45, 2.75) is 19.8 Å². The van der Waals surface area contributed by atoms with E-state index in [1.807, 2.05) is 12.1 Å². The first-order chi connectivity index (χ1) is 12.4. The monoisotopic (exact) mass is 376 g/mol. The van der Waals surface area contributed by atoms with Crippen LogP contribution in [0.4, 0.5) is 8.78 Å². The lowest BCUT2D eigenvalue weighted by molar-refractivity contribution is 0.335. The standard InChI is InChI=1S/C20H19ClF2N2O/c1-4-26-15-9-17(22)20(18(23)10-15)19-12(2)24-25(3)11-16(19)13-5-7-14(21)8-6-13/h5-11,19H,4H2,1-3H3. The summed E-state index contributed by atoms with van der Waals surface area (Å²) in [5.41, 5.74) is 2.14. The Morgan fingerprint density at radius 3 is 2.35 bits per heavy atom. The van der Waals surface area contributed by atoms with Crippen molar-refractivity contribution in [1.29, 1.82) is 0 Å². The van der Waals surface area contributed by atoms with E-state index in [0.29, 0.717) is 17.3 Å². The van der Waals surface area contributed by atoms with Gasteiger partial charge in [-0.3, -0.25) is 5.01 Å². The number of allylic oxidation sites excluding steroid dienone is 1. The van der Waals surface area contributed by atoms with Gasteiger partial charge in [-0.05, 0) is 37.1 Å². The molecule has 3 rings (SSSR count). The van der Waals surface area contributed by atoms with Gasteiger partial charge in [0.1, 0.15) is 17.4 Å². The second-order valence-electron chi connectivity index (χ2n) is 6.07. The molecule has 6 heteroatoms. The van der Waals surface area contributed by atoms with Crippen molar-refractivity contribution < 1.29 is 13.5 Å².